The number of carbonyl (C=O) groups excluding carboxylic acids is 1. The zero-order chi connectivity index (χ0) is 20.5. The van der Waals surface area contributed by atoms with Gasteiger partial charge in [0.1, 0.15) is 0 Å². The summed E-state index contributed by atoms with van der Waals surface area (Å²) in [6.45, 7) is 5.14. The number of ether oxygens (including phenoxy) is 1. The molecule has 0 saturated heterocycles. The van der Waals surface area contributed by atoms with Crippen LogP contribution in [0.3, 0.4) is 0 Å². The van der Waals surface area contributed by atoms with E-state index in [1.807, 2.05) is 0 Å². The molecule has 1 aliphatic carbocycles. The van der Waals surface area contributed by atoms with E-state index >= 15 is 0 Å². The summed E-state index contributed by atoms with van der Waals surface area (Å²) in [5.41, 5.74) is -1.53. The van der Waals surface area contributed by atoms with Crippen molar-refractivity contribution in [2.45, 2.75) is 51.6 Å². The van der Waals surface area contributed by atoms with Gasteiger partial charge in [-0.25, -0.2) is 31.9 Å². The number of rotatable bonds is 6. The zero-order valence-electron chi connectivity index (χ0n) is 15.3. The zero-order valence-corrected chi connectivity index (χ0v) is 15.3. The second kappa shape index (κ2) is 8.12. The van der Waals surface area contributed by atoms with E-state index in [0.717, 1.165) is 0 Å². The third-order valence-electron chi connectivity index (χ3n) is 4.76. The highest BCUT2D eigenvalue weighted by molar-refractivity contribution is 5.69. The first-order valence-electron chi connectivity index (χ1n) is 8.63. The highest BCUT2D eigenvalue weighted by Crippen LogP contribution is 2.44. The lowest BCUT2D eigenvalue weighted by Gasteiger charge is -2.27. The molecular formula is C19H21F5O3. The largest absolute Gasteiger partial charge is 0.376 e. The van der Waals surface area contributed by atoms with Crippen molar-refractivity contribution in [3.63, 3.8) is 0 Å². The summed E-state index contributed by atoms with van der Waals surface area (Å²) in [7, 11) is 0. The minimum Gasteiger partial charge on any atom is -0.376 e. The fourth-order valence-electron chi connectivity index (χ4n) is 3.42. The van der Waals surface area contributed by atoms with E-state index in [0.29, 0.717) is 0 Å². The predicted octanol–water partition coefficient (Wildman–Crippen LogP) is 4.86. The molecule has 3 unspecified atom stereocenters. The van der Waals surface area contributed by atoms with Gasteiger partial charge >= 0.3 is 5.97 Å². The van der Waals surface area contributed by atoms with E-state index in [2.05, 4.69) is 0 Å². The van der Waals surface area contributed by atoms with Crippen LogP contribution >= 0.6 is 0 Å². The summed E-state index contributed by atoms with van der Waals surface area (Å²) < 4.78 is 74.8. The SMILES string of the molecule is CC(C)(C)OC[CH]C(c1c(F)c(F)c(F)c(F)c1F)C1CCC(C([O])=O)C1. The van der Waals surface area contributed by atoms with Gasteiger partial charge in [0.05, 0.1) is 18.1 Å². The molecule has 8 heteroatoms. The van der Waals surface area contributed by atoms with Gasteiger partial charge in [-0.15, -0.1) is 0 Å². The predicted molar refractivity (Wildman–Crippen MR) is 85.5 cm³/mol. The van der Waals surface area contributed by atoms with E-state index in [9.17, 15) is 31.9 Å². The fourth-order valence-corrected chi connectivity index (χ4v) is 3.42. The second-order valence-electron chi connectivity index (χ2n) is 7.76. The van der Waals surface area contributed by atoms with Gasteiger partial charge in [0.2, 0.25) is 5.82 Å². The smallest absolute Gasteiger partial charge is 0.358 e. The number of benzene rings is 1. The van der Waals surface area contributed by atoms with Crippen molar-refractivity contribution in [3.8, 4) is 0 Å². The highest BCUT2D eigenvalue weighted by Gasteiger charge is 2.40. The van der Waals surface area contributed by atoms with Gasteiger partial charge in [0.25, 0.3) is 0 Å². The van der Waals surface area contributed by atoms with E-state index in [1.54, 1.807) is 20.8 Å². The normalized spacial score (nSPS) is 21.5. The molecule has 0 aromatic heterocycles. The molecule has 3 atom stereocenters. The van der Waals surface area contributed by atoms with Gasteiger partial charge in [-0.3, -0.25) is 0 Å². The maximum absolute atomic E-state index is 14.3. The van der Waals surface area contributed by atoms with Crippen LogP contribution in [0.15, 0.2) is 0 Å². The summed E-state index contributed by atoms with van der Waals surface area (Å²) in [5, 5.41) is 11.1. The topological polar surface area (TPSA) is 46.2 Å². The van der Waals surface area contributed by atoms with Gasteiger partial charge in [0.15, 0.2) is 23.3 Å². The lowest BCUT2D eigenvalue weighted by molar-refractivity contribution is -0.147. The average Bonchev–Trinajstić information content (AvgIpc) is 3.06. The van der Waals surface area contributed by atoms with Crippen LogP contribution in [-0.4, -0.2) is 18.2 Å². The molecule has 1 saturated carbocycles. The second-order valence-corrected chi connectivity index (χ2v) is 7.76. The maximum atomic E-state index is 14.3. The monoisotopic (exact) mass is 392 g/mol. The molecule has 150 valence electrons. The molecule has 0 amide bonds. The number of carbonyl (C=O) groups is 1. The molecule has 27 heavy (non-hydrogen) atoms. The Hall–Kier alpha value is -1.70. The van der Waals surface area contributed by atoms with Crippen LogP contribution < -0.4 is 0 Å². The van der Waals surface area contributed by atoms with Crippen LogP contribution in [0.5, 0.6) is 0 Å². The molecule has 0 heterocycles. The van der Waals surface area contributed by atoms with E-state index in [1.165, 1.54) is 6.42 Å². The van der Waals surface area contributed by atoms with Crippen LogP contribution in [0, 0.1) is 47.3 Å². The molecule has 1 aliphatic rings. The molecule has 0 aliphatic heterocycles. The molecule has 0 spiro atoms. The number of hydrogen-bond acceptors (Lipinski definition) is 2. The van der Waals surface area contributed by atoms with Crippen molar-refractivity contribution in [1.82, 2.24) is 0 Å². The molecule has 0 bridgehead atoms. The van der Waals surface area contributed by atoms with Crippen LogP contribution in [0.2, 0.25) is 0 Å². The van der Waals surface area contributed by atoms with Crippen molar-refractivity contribution in [2.75, 3.05) is 6.61 Å². The van der Waals surface area contributed by atoms with Crippen LogP contribution in [-0.2, 0) is 14.6 Å². The molecular weight excluding hydrogens is 371 g/mol. The molecule has 1 aromatic carbocycles. The molecule has 1 aromatic rings. The average molecular weight is 392 g/mol. The Kier molecular flexibility index (Phi) is 6.50. The van der Waals surface area contributed by atoms with Gasteiger partial charge in [-0.1, -0.05) is 0 Å². The maximum Gasteiger partial charge on any atom is 0.358 e. The summed E-state index contributed by atoms with van der Waals surface area (Å²) in [4.78, 5) is 11.1. The van der Waals surface area contributed by atoms with Gasteiger partial charge in [-0.2, -0.15) is 0 Å². The molecule has 3 nitrogen and oxygen atoms in total. The minimum atomic E-state index is -2.22. The van der Waals surface area contributed by atoms with Gasteiger partial charge < -0.3 is 4.74 Å². The summed E-state index contributed by atoms with van der Waals surface area (Å²) >= 11 is 0. The van der Waals surface area contributed by atoms with Crippen molar-refractivity contribution in [3.05, 3.63) is 41.1 Å². The molecule has 2 radical (unpaired) electrons. The Morgan fingerprint density at radius 2 is 1.56 bits per heavy atom. The Morgan fingerprint density at radius 3 is 2.00 bits per heavy atom. The minimum absolute atomic E-state index is 0.0263. The first kappa shape index (κ1) is 21.6. The van der Waals surface area contributed by atoms with Crippen molar-refractivity contribution in [2.24, 2.45) is 11.8 Å². The summed E-state index contributed by atoms with van der Waals surface area (Å²) in [6.07, 6.45) is 1.84. The van der Waals surface area contributed by atoms with Crippen LogP contribution in [0.25, 0.3) is 0 Å². The Balaban J connectivity index is 2.40. The summed E-state index contributed by atoms with van der Waals surface area (Å²) in [5.74, 6) is -14.0. The van der Waals surface area contributed by atoms with Crippen LogP contribution in [0.4, 0.5) is 22.0 Å². The summed E-state index contributed by atoms with van der Waals surface area (Å²) in [6, 6.07) is 0. The first-order chi connectivity index (χ1) is 12.4. The molecule has 1 fully saturated rings. The number of halogens is 5. The van der Waals surface area contributed by atoms with Gasteiger partial charge in [0, 0.05) is 5.56 Å². The third-order valence-corrected chi connectivity index (χ3v) is 4.76. The van der Waals surface area contributed by atoms with Crippen molar-refractivity contribution < 1.29 is 36.6 Å². The molecule has 2 rings (SSSR count). The van der Waals surface area contributed by atoms with Gasteiger partial charge in [-0.05, 0) is 58.3 Å². The third kappa shape index (κ3) is 4.78. The van der Waals surface area contributed by atoms with Crippen LogP contribution in [0.1, 0.15) is 51.5 Å². The van der Waals surface area contributed by atoms with E-state index < -0.39 is 64.0 Å². The Bertz CT molecular complexity index is 685. The van der Waals surface area contributed by atoms with E-state index in [4.69, 9.17) is 4.74 Å². The number of hydrogen-bond donors (Lipinski definition) is 0. The quantitative estimate of drug-likeness (QED) is 0.394. The van der Waals surface area contributed by atoms with Crippen molar-refractivity contribution >= 4 is 5.97 Å². The first-order valence-corrected chi connectivity index (χ1v) is 8.63. The molecule has 0 N–H and O–H groups in total. The van der Waals surface area contributed by atoms with E-state index in [-0.39, 0.29) is 25.9 Å². The van der Waals surface area contributed by atoms with Crippen molar-refractivity contribution in [1.29, 1.82) is 0 Å². The lowest BCUT2D eigenvalue weighted by atomic mass is 9.81. The highest BCUT2D eigenvalue weighted by atomic mass is 19.2. The Morgan fingerprint density at radius 1 is 1.04 bits per heavy atom. The Labute approximate surface area is 154 Å². The standard InChI is InChI=1S/C19H21F5O3/c1-19(2,3)27-7-6-11(9-4-5-10(8-9)18(25)26)12-13(20)15(22)17(24)16(23)14(12)21/h6,9-11H,4-5,7-8H2,1-3H3. The lowest BCUT2D eigenvalue weighted by Crippen LogP contribution is -2.24. The fraction of sp³-hybridized carbons (Fsp3) is 0.579.